The summed E-state index contributed by atoms with van der Waals surface area (Å²) in [6, 6.07) is 0.799. The van der Waals surface area contributed by atoms with Crippen molar-refractivity contribution in [1.29, 1.82) is 0 Å². The van der Waals surface area contributed by atoms with E-state index in [2.05, 4.69) is 9.72 Å². The number of hydrogen-bond donors (Lipinski definition) is 0. The molecule has 5 nitrogen and oxygen atoms in total. The van der Waals surface area contributed by atoms with E-state index >= 15 is 0 Å². The van der Waals surface area contributed by atoms with E-state index in [-0.39, 0.29) is 5.75 Å². The standard InChI is InChI=1S/C7H5ClF2N2O3/c1-15-3-2-4(12(13)14)11-6(8)5(3)7(9)10/h2,7H,1H3. The molecule has 82 valence electrons. The zero-order valence-corrected chi connectivity index (χ0v) is 8.16. The molecule has 15 heavy (non-hydrogen) atoms. The molecule has 8 heteroatoms. The molecular weight excluding hydrogens is 234 g/mol. The van der Waals surface area contributed by atoms with Crippen molar-refractivity contribution in [3.63, 3.8) is 0 Å². The van der Waals surface area contributed by atoms with Crippen LogP contribution in [0.25, 0.3) is 0 Å². The summed E-state index contributed by atoms with van der Waals surface area (Å²) in [7, 11) is 1.11. The Bertz CT molecular complexity index is 400. The Balaban J connectivity index is 3.37. The van der Waals surface area contributed by atoms with E-state index in [4.69, 9.17) is 11.6 Å². The minimum atomic E-state index is -2.90. The molecular formula is C7H5ClF2N2O3. The maximum Gasteiger partial charge on any atom is 0.368 e. The number of ether oxygens (including phenoxy) is 1. The minimum Gasteiger partial charge on any atom is -0.496 e. The number of nitrogens with zero attached hydrogens (tertiary/aromatic N) is 2. The number of rotatable bonds is 3. The fourth-order valence-corrected chi connectivity index (χ4v) is 1.21. The second-order valence-corrected chi connectivity index (χ2v) is 2.80. The second-order valence-electron chi connectivity index (χ2n) is 2.45. The summed E-state index contributed by atoms with van der Waals surface area (Å²) >= 11 is 5.38. The van der Waals surface area contributed by atoms with Gasteiger partial charge in [0.2, 0.25) is 0 Å². The minimum absolute atomic E-state index is 0.350. The van der Waals surface area contributed by atoms with Gasteiger partial charge >= 0.3 is 5.82 Å². The molecule has 0 radical (unpaired) electrons. The molecule has 0 aliphatic heterocycles. The summed E-state index contributed by atoms with van der Waals surface area (Å²) in [5.74, 6) is -0.988. The van der Waals surface area contributed by atoms with Crippen LogP contribution in [0.2, 0.25) is 5.15 Å². The molecule has 0 saturated heterocycles. The fraction of sp³-hybridized carbons (Fsp3) is 0.286. The third-order valence-electron chi connectivity index (χ3n) is 1.59. The molecule has 0 aliphatic carbocycles. The Kier molecular flexibility index (Phi) is 3.35. The number of nitro groups is 1. The highest BCUT2D eigenvalue weighted by Gasteiger charge is 2.26. The number of halogens is 3. The van der Waals surface area contributed by atoms with Gasteiger partial charge in [-0.1, -0.05) is 0 Å². The Morgan fingerprint density at radius 3 is 2.67 bits per heavy atom. The number of alkyl halides is 2. The van der Waals surface area contributed by atoms with Gasteiger partial charge in [-0.15, -0.1) is 0 Å². The third kappa shape index (κ3) is 2.30. The SMILES string of the molecule is COc1cc([N+](=O)[O-])nc(Cl)c1C(F)F. The summed E-state index contributed by atoms with van der Waals surface area (Å²) < 4.78 is 29.4. The van der Waals surface area contributed by atoms with Gasteiger partial charge in [-0.25, -0.2) is 8.78 Å². The Morgan fingerprint density at radius 2 is 2.27 bits per heavy atom. The molecule has 1 rings (SSSR count). The number of methoxy groups -OCH3 is 1. The van der Waals surface area contributed by atoms with E-state index in [1.165, 1.54) is 0 Å². The van der Waals surface area contributed by atoms with E-state index in [1.807, 2.05) is 0 Å². The highest BCUT2D eigenvalue weighted by molar-refractivity contribution is 6.30. The van der Waals surface area contributed by atoms with Crippen LogP contribution in [0.1, 0.15) is 12.0 Å². The van der Waals surface area contributed by atoms with Crippen LogP contribution in [-0.2, 0) is 0 Å². The average molecular weight is 239 g/mol. The summed E-state index contributed by atoms with van der Waals surface area (Å²) in [5.41, 5.74) is -0.648. The lowest BCUT2D eigenvalue weighted by Gasteiger charge is -2.06. The monoisotopic (exact) mass is 238 g/mol. The lowest BCUT2D eigenvalue weighted by atomic mass is 10.2. The van der Waals surface area contributed by atoms with Crippen LogP contribution >= 0.6 is 11.6 Å². The first-order chi connectivity index (χ1) is 6.97. The molecule has 0 aliphatic rings. The van der Waals surface area contributed by atoms with Gasteiger partial charge < -0.3 is 14.9 Å². The van der Waals surface area contributed by atoms with E-state index in [0.717, 1.165) is 13.2 Å². The van der Waals surface area contributed by atoms with Crippen LogP contribution in [0, 0.1) is 10.1 Å². The summed E-state index contributed by atoms with van der Waals surface area (Å²) in [4.78, 5) is 12.7. The smallest absolute Gasteiger partial charge is 0.368 e. The number of hydrogen-bond acceptors (Lipinski definition) is 4. The Labute approximate surface area is 87.8 Å². The number of aromatic nitrogens is 1. The van der Waals surface area contributed by atoms with Crippen molar-refractivity contribution in [2.75, 3.05) is 7.11 Å². The molecule has 0 spiro atoms. The second kappa shape index (κ2) is 4.35. The van der Waals surface area contributed by atoms with Crippen LogP contribution in [-0.4, -0.2) is 17.0 Å². The van der Waals surface area contributed by atoms with Gasteiger partial charge in [-0.3, -0.25) is 0 Å². The van der Waals surface area contributed by atoms with Crippen LogP contribution in [0.3, 0.4) is 0 Å². The fourth-order valence-electron chi connectivity index (χ4n) is 0.950. The van der Waals surface area contributed by atoms with Crippen molar-refractivity contribution in [3.05, 3.63) is 26.9 Å². The molecule has 1 aromatic rings. The molecule has 0 atom stereocenters. The maximum atomic E-state index is 12.4. The zero-order chi connectivity index (χ0) is 11.6. The molecule has 1 heterocycles. The Morgan fingerprint density at radius 1 is 1.67 bits per heavy atom. The largest absolute Gasteiger partial charge is 0.496 e. The van der Waals surface area contributed by atoms with Crippen LogP contribution < -0.4 is 4.74 Å². The first-order valence-corrected chi connectivity index (χ1v) is 4.02. The lowest BCUT2D eigenvalue weighted by Crippen LogP contribution is -2.00. The third-order valence-corrected chi connectivity index (χ3v) is 1.87. The van der Waals surface area contributed by atoms with Crippen molar-refractivity contribution >= 4 is 17.4 Å². The zero-order valence-electron chi connectivity index (χ0n) is 7.41. The predicted molar refractivity (Wildman–Crippen MR) is 47.4 cm³/mol. The summed E-state index contributed by atoms with van der Waals surface area (Å²) in [6.45, 7) is 0. The van der Waals surface area contributed by atoms with Crippen molar-refractivity contribution in [1.82, 2.24) is 4.98 Å². The van der Waals surface area contributed by atoms with Gasteiger partial charge in [0, 0.05) is 0 Å². The first kappa shape index (κ1) is 11.6. The van der Waals surface area contributed by atoms with Crippen LogP contribution in [0.5, 0.6) is 5.75 Å². The van der Waals surface area contributed by atoms with E-state index in [1.54, 1.807) is 0 Å². The van der Waals surface area contributed by atoms with Gasteiger partial charge in [-0.05, 0) is 21.5 Å². The van der Waals surface area contributed by atoms with Gasteiger partial charge in [0.05, 0.1) is 13.2 Å². The molecule has 0 fully saturated rings. The lowest BCUT2D eigenvalue weighted by molar-refractivity contribution is -0.389. The first-order valence-electron chi connectivity index (χ1n) is 3.64. The quantitative estimate of drug-likeness (QED) is 0.461. The molecule has 0 saturated carbocycles. The van der Waals surface area contributed by atoms with Gasteiger partial charge in [-0.2, -0.15) is 0 Å². The average Bonchev–Trinajstić information content (AvgIpc) is 2.15. The topological polar surface area (TPSA) is 65.3 Å². The van der Waals surface area contributed by atoms with Crippen LogP contribution in [0.4, 0.5) is 14.6 Å². The maximum absolute atomic E-state index is 12.4. The van der Waals surface area contributed by atoms with E-state index in [9.17, 15) is 18.9 Å². The van der Waals surface area contributed by atoms with E-state index in [0.29, 0.717) is 0 Å². The molecule has 0 N–H and O–H groups in total. The molecule has 0 aromatic carbocycles. The molecule has 0 unspecified atom stereocenters. The van der Waals surface area contributed by atoms with Crippen molar-refractivity contribution in [2.24, 2.45) is 0 Å². The van der Waals surface area contributed by atoms with Gasteiger partial charge in [0.25, 0.3) is 11.6 Å². The highest BCUT2D eigenvalue weighted by Crippen LogP contribution is 2.36. The van der Waals surface area contributed by atoms with Crippen molar-refractivity contribution < 1.29 is 18.4 Å². The normalized spacial score (nSPS) is 10.5. The number of pyridine rings is 1. The predicted octanol–water partition coefficient (Wildman–Crippen LogP) is 2.59. The Hall–Kier alpha value is -1.50. The summed E-state index contributed by atoms with van der Waals surface area (Å²) in [6.07, 6.45) is -2.90. The highest BCUT2D eigenvalue weighted by atomic mass is 35.5. The van der Waals surface area contributed by atoms with E-state index < -0.39 is 27.9 Å². The molecule has 0 amide bonds. The molecule has 1 aromatic heterocycles. The summed E-state index contributed by atoms with van der Waals surface area (Å²) in [5, 5.41) is 9.72. The van der Waals surface area contributed by atoms with Gasteiger partial charge in [0.15, 0.2) is 0 Å². The van der Waals surface area contributed by atoms with Crippen molar-refractivity contribution in [3.8, 4) is 5.75 Å². The van der Waals surface area contributed by atoms with Gasteiger partial charge in [0.1, 0.15) is 11.3 Å². The van der Waals surface area contributed by atoms with Crippen LogP contribution in [0.15, 0.2) is 6.07 Å². The van der Waals surface area contributed by atoms with Crippen molar-refractivity contribution in [2.45, 2.75) is 6.43 Å². The molecule has 0 bridgehead atoms.